The largest absolute Gasteiger partial charge is 0.0625 e. The maximum atomic E-state index is 2.53. The smallest absolute Gasteiger partial charge is 0.0235 e. The van der Waals surface area contributed by atoms with Gasteiger partial charge in [0.1, 0.15) is 0 Å². The third kappa shape index (κ3) is 1.77. The Labute approximate surface area is 119 Å². The lowest BCUT2D eigenvalue weighted by atomic mass is 9.62. The Morgan fingerprint density at radius 3 is 1.63 bits per heavy atom. The highest BCUT2D eigenvalue weighted by atomic mass is 14.7. The van der Waals surface area contributed by atoms with Crippen LogP contribution in [0.15, 0.2) is 0 Å². The molecule has 0 heterocycles. The summed E-state index contributed by atoms with van der Waals surface area (Å²) in [5.41, 5.74) is 0.832. The highest BCUT2D eigenvalue weighted by Crippen LogP contribution is 2.69. The van der Waals surface area contributed by atoms with Crippen LogP contribution in [0.5, 0.6) is 0 Å². The van der Waals surface area contributed by atoms with E-state index in [1.165, 1.54) is 12.8 Å². The molecule has 4 fully saturated rings. The van der Waals surface area contributed by atoms with Gasteiger partial charge in [0.05, 0.1) is 0 Å². The van der Waals surface area contributed by atoms with E-state index in [1.54, 1.807) is 51.4 Å². The number of hydrogen-bond donors (Lipinski definition) is 0. The molecule has 4 rings (SSSR count). The van der Waals surface area contributed by atoms with Crippen LogP contribution in [-0.2, 0) is 0 Å². The number of rotatable bonds is 0. The highest BCUT2D eigenvalue weighted by molar-refractivity contribution is 5.10. The van der Waals surface area contributed by atoms with Gasteiger partial charge in [0.15, 0.2) is 0 Å². The molecule has 0 aromatic rings. The van der Waals surface area contributed by atoms with Crippen LogP contribution in [0.25, 0.3) is 0 Å². The molecule has 0 N–H and O–H groups in total. The number of fused-ring (bicyclic) bond motifs is 5. The summed E-state index contributed by atoms with van der Waals surface area (Å²) in [4.78, 5) is 0. The van der Waals surface area contributed by atoms with Crippen LogP contribution in [0.4, 0.5) is 0 Å². The van der Waals surface area contributed by atoms with Gasteiger partial charge in [-0.25, -0.2) is 0 Å². The second kappa shape index (κ2) is 4.50. The first-order valence-electron chi connectivity index (χ1n) is 9.21. The monoisotopic (exact) mass is 260 g/mol. The molecular formula is C19H32. The molecule has 108 valence electrons. The average Bonchev–Trinajstić information content (AvgIpc) is 2.97. The Hall–Kier alpha value is 0. The van der Waals surface area contributed by atoms with Crippen molar-refractivity contribution >= 4 is 0 Å². The van der Waals surface area contributed by atoms with Crippen molar-refractivity contribution in [2.24, 2.45) is 40.9 Å². The van der Waals surface area contributed by atoms with Gasteiger partial charge in [-0.2, -0.15) is 0 Å². The fourth-order valence-electron chi connectivity index (χ4n) is 7.21. The van der Waals surface area contributed by atoms with E-state index in [0.717, 1.165) is 40.9 Å². The third-order valence-corrected chi connectivity index (χ3v) is 7.89. The van der Waals surface area contributed by atoms with E-state index >= 15 is 0 Å². The first-order valence-corrected chi connectivity index (χ1v) is 9.21. The van der Waals surface area contributed by atoms with Crippen LogP contribution in [0.3, 0.4) is 0 Å². The zero-order chi connectivity index (χ0) is 13.0. The van der Waals surface area contributed by atoms with E-state index in [2.05, 4.69) is 13.8 Å². The van der Waals surface area contributed by atoms with Crippen molar-refractivity contribution in [3.63, 3.8) is 0 Å². The van der Waals surface area contributed by atoms with Crippen molar-refractivity contribution in [1.29, 1.82) is 0 Å². The van der Waals surface area contributed by atoms with Gasteiger partial charge < -0.3 is 0 Å². The quantitative estimate of drug-likeness (QED) is 0.527. The van der Waals surface area contributed by atoms with Crippen molar-refractivity contribution in [3.8, 4) is 0 Å². The van der Waals surface area contributed by atoms with Gasteiger partial charge >= 0.3 is 0 Å². The minimum Gasteiger partial charge on any atom is -0.0625 e. The zero-order valence-corrected chi connectivity index (χ0v) is 13.0. The van der Waals surface area contributed by atoms with E-state index in [0.29, 0.717) is 0 Å². The lowest BCUT2D eigenvalue weighted by molar-refractivity contribution is 0.0651. The first-order chi connectivity index (χ1) is 9.21. The topological polar surface area (TPSA) is 0 Å². The predicted octanol–water partition coefficient (Wildman–Crippen LogP) is 5.67. The van der Waals surface area contributed by atoms with Gasteiger partial charge in [0.2, 0.25) is 0 Å². The molecule has 19 heavy (non-hydrogen) atoms. The molecule has 0 amide bonds. The van der Waals surface area contributed by atoms with Gasteiger partial charge in [-0.1, -0.05) is 39.5 Å². The molecular weight excluding hydrogens is 228 g/mol. The molecule has 0 radical (unpaired) electrons. The summed E-state index contributed by atoms with van der Waals surface area (Å²) in [6.07, 6.45) is 15.7. The van der Waals surface area contributed by atoms with Gasteiger partial charge in [-0.05, 0) is 79.4 Å². The van der Waals surface area contributed by atoms with E-state index < -0.39 is 0 Å². The Morgan fingerprint density at radius 1 is 0.684 bits per heavy atom. The third-order valence-electron chi connectivity index (χ3n) is 7.89. The van der Waals surface area contributed by atoms with E-state index in [4.69, 9.17) is 0 Å². The summed E-state index contributed by atoms with van der Waals surface area (Å²) >= 11 is 0. The van der Waals surface area contributed by atoms with Gasteiger partial charge in [-0.3, -0.25) is 0 Å². The second-order valence-electron chi connectivity index (χ2n) is 8.82. The summed E-state index contributed by atoms with van der Waals surface area (Å²) in [5, 5.41) is 0. The van der Waals surface area contributed by atoms with Crippen LogP contribution >= 0.6 is 0 Å². The lowest BCUT2D eigenvalue weighted by Gasteiger charge is -2.43. The van der Waals surface area contributed by atoms with E-state index in [-0.39, 0.29) is 0 Å². The Morgan fingerprint density at radius 2 is 1.16 bits per heavy atom. The summed E-state index contributed by atoms with van der Waals surface area (Å²) in [5.74, 6) is 6.62. The van der Waals surface area contributed by atoms with Crippen molar-refractivity contribution in [1.82, 2.24) is 0 Å². The van der Waals surface area contributed by atoms with Crippen LogP contribution in [0, 0.1) is 40.9 Å². The van der Waals surface area contributed by atoms with Crippen LogP contribution in [-0.4, -0.2) is 0 Å². The van der Waals surface area contributed by atoms with Gasteiger partial charge in [0, 0.05) is 0 Å². The first kappa shape index (κ1) is 12.7. The van der Waals surface area contributed by atoms with Crippen LogP contribution in [0.1, 0.15) is 78.1 Å². The minimum atomic E-state index is 0.832. The standard InChI is InChI=1S/C19H32/c1-13-5-7-15-16-8-6-14(2)12-18(16)19(17(15)11-13)9-3-4-10-19/h13-18H,3-12H2,1-2H3. The highest BCUT2D eigenvalue weighted by Gasteiger charge is 2.61. The molecule has 0 aromatic heterocycles. The predicted molar refractivity (Wildman–Crippen MR) is 80.9 cm³/mol. The summed E-state index contributed by atoms with van der Waals surface area (Å²) < 4.78 is 0. The average molecular weight is 260 g/mol. The van der Waals surface area contributed by atoms with Crippen molar-refractivity contribution in [2.75, 3.05) is 0 Å². The molecule has 0 heteroatoms. The van der Waals surface area contributed by atoms with E-state index in [1.807, 2.05) is 0 Å². The van der Waals surface area contributed by atoms with Crippen molar-refractivity contribution in [2.45, 2.75) is 78.1 Å². The Balaban J connectivity index is 1.69. The summed E-state index contributed by atoms with van der Waals surface area (Å²) in [6, 6.07) is 0. The molecule has 0 aromatic carbocycles. The lowest BCUT2D eigenvalue weighted by Crippen LogP contribution is -2.35. The molecule has 0 bridgehead atoms. The van der Waals surface area contributed by atoms with Gasteiger partial charge in [-0.15, -0.1) is 0 Å². The second-order valence-corrected chi connectivity index (χ2v) is 8.82. The van der Waals surface area contributed by atoms with Crippen LogP contribution in [0.2, 0.25) is 0 Å². The maximum absolute atomic E-state index is 2.53. The molecule has 0 saturated heterocycles. The zero-order valence-electron chi connectivity index (χ0n) is 13.0. The molecule has 0 nitrogen and oxygen atoms in total. The van der Waals surface area contributed by atoms with E-state index in [9.17, 15) is 0 Å². The maximum Gasteiger partial charge on any atom is -0.0235 e. The fraction of sp³-hybridized carbons (Fsp3) is 1.00. The Kier molecular flexibility index (Phi) is 3.01. The van der Waals surface area contributed by atoms with Crippen molar-refractivity contribution in [3.05, 3.63) is 0 Å². The fourth-order valence-corrected chi connectivity index (χ4v) is 7.21. The van der Waals surface area contributed by atoms with Crippen LogP contribution < -0.4 is 0 Å². The molecule has 6 unspecified atom stereocenters. The molecule has 4 saturated carbocycles. The molecule has 4 aliphatic rings. The molecule has 0 aliphatic heterocycles. The number of hydrogen-bond acceptors (Lipinski definition) is 0. The van der Waals surface area contributed by atoms with Gasteiger partial charge in [0.25, 0.3) is 0 Å². The van der Waals surface area contributed by atoms with Crippen molar-refractivity contribution < 1.29 is 0 Å². The molecule has 6 atom stereocenters. The SMILES string of the molecule is CC1CCC2C3CCC(C)CC3C3(CCCC3)C2C1. The summed E-state index contributed by atoms with van der Waals surface area (Å²) in [7, 11) is 0. The normalized spacial score (nSPS) is 52.1. The summed E-state index contributed by atoms with van der Waals surface area (Å²) in [6.45, 7) is 5.06. The molecule has 1 spiro atoms. The minimum absolute atomic E-state index is 0.832. The Bertz CT molecular complexity index is 310. The molecule has 4 aliphatic carbocycles.